The van der Waals surface area contributed by atoms with Crippen molar-refractivity contribution in [1.82, 2.24) is 0 Å². The van der Waals surface area contributed by atoms with Crippen molar-refractivity contribution in [3.63, 3.8) is 0 Å². The lowest BCUT2D eigenvalue weighted by molar-refractivity contribution is 0.273. The predicted molar refractivity (Wildman–Crippen MR) is 80.6 cm³/mol. The molecule has 1 aliphatic carbocycles. The molecule has 112 valence electrons. The van der Waals surface area contributed by atoms with Crippen LogP contribution < -0.4 is 0 Å². The Morgan fingerprint density at radius 1 is 1.14 bits per heavy atom. The molecule has 1 heterocycles. The predicted octanol–water partition coefficient (Wildman–Crippen LogP) is 4.93. The maximum absolute atomic E-state index is 13.1. The first-order chi connectivity index (χ1) is 10.2. The van der Waals surface area contributed by atoms with Crippen LogP contribution in [-0.4, -0.2) is 5.11 Å². The Kier molecular flexibility index (Phi) is 4.11. The van der Waals surface area contributed by atoms with Gasteiger partial charge < -0.3 is 9.52 Å². The summed E-state index contributed by atoms with van der Waals surface area (Å²) < 4.78 is 19.1. The number of rotatable bonds is 3. The van der Waals surface area contributed by atoms with Crippen LogP contribution in [0.25, 0.3) is 11.1 Å². The molecule has 0 bridgehead atoms. The van der Waals surface area contributed by atoms with Crippen LogP contribution in [0.1, 0.15) is 55.1 Å². The average Bonchev–Trinajstić information content (AvgIpc) is 2.85. The van der Waals surface area contributed by atoms with Crippen molar-refractivity contribution < 1.29 is 13.9 Å². The number of benzene rings is 1. The van der Waals surface area contributed by atoms with E-state index in [-0.39, 0.29) is 12.4 Å². The number of halogens is 1. The van der Waals surface area contributed by atoms with Crippen LogP contribution in [0.4, 0.5) is 4.39 Å². The molecule has 21 heavy (non-hydrogen) atoms. The molecule has 0 aliphatic heterocycles. The smallest absolute Gasteiger partial charge is 0.123 e. The first-order valence-corrected chi connectivity index (χ1v) is 7.69. The van der Waals surface area contributed by atoms with Crippen molar-refractivity contribution in [2.75, 3.05) is 0 Å². The largest absolute Gasteiger partial charge is 0.465 e. The highest BCUT2D eigenvalue weighted by molar-refractivity contribution is 5.70. The highest BCUT2D eigenvalue weighted by Gasteiger charge is 2.26. The molecule has 3 heteroatoms. The van der Waals surface area contributed by atoms with E-state index in [0.717, 1.165) is 41.1 Å². The summed E-state index contributed by atoms with van der Waals surface area (Å²) in [5.41, 5.74) is 2.72. The van der Waals surface area contributed by atoms with Crippen LogP contribution in [0.15, 0.2) is 28.7 Å². The van der Waals surface area contributed by atoms with E-state index in [1.165, 1.54) is 31.4 Å². The van der Waals surface area contributed by atoms with Crippen LogP contribution in [0, 0.1) is 12.7 Å². The Labute approximate surface area is 124 Å². The topological polar surface area (TPSA) is 33.4 Å². The molecule has 2 nitrogen and oxygen atoms in total. The van der Waals surface area contributed by atoms with Crippen molar-refractivity contribution in [2.24, 2.45) is 0 Å². The molecule has 1 aromatic carbocycles. The molecule has 1 fully saturated rings. The third kappa shape index (κ3) is 2.75. The first-order valence-electron chi connectivity index (χ1n) is 7.69. The Morgan fingerprint density at radius 3 is 2.43 bits per heavy atom. The second-order valence-corrected chi connectivity index (χ2v) is 5.88. The van der Waals surface area contributed by atoms with E-state index in [1.54, 1.807) is 12.1 Å². The van der Waals surface area contributed by atoms with Gasteiger partial charge in [0.25, 0.3) is 0 Å². The standard InChI is InChI=1S/C18H21FO2/c1-12-17(13-7-9-15(19)10-8-13)16(11-20)18(21-12)14-5-3-2-4-6-14/h7-10,14,20H,2-6,11H2,1H3. The molecule has 0 unspecified atom stereocenters. The Morgan fingerprint density at radius 2 is 1.81 bits per heavy atom. The third-order valence-corrected chi connectivity index (χ3v) is 4.48. The molecule has 0 saturated heterocycles. The van der Waals surface area contributed by atoms with Gasteiger partial charge in [-0.3, -0.25) is 0 Å². The molecule has 0 radical (unpaired) electrons. The van der Waals surface area contributed by atoms with Gasteiger partial charge in [0.1, 0.15) is 17.3 Å². The molecular weight excluding hydrogens is 267 g/mol. The molecule has 0 amide bonds. The fourth-order valence-electron chi connectivity index (χ4n) is 3.46. The van der Waals surface area contributed by atoms with E-state index >= 15 is 0 Å². The van der Waals surface area contributed by atoms with Gasteiger partial charge in [0.2, 0.25) is 0 Å². The lowest BCUT2D eigenvalue weighted by Gasteiger charge is -2.20. The van der Waals surface area contributed by atoms with Gasteiger partial charge in [-0.1, -0.05) is 31.4 Å². The van der Waals surface area contributed by atoms with E-state index in [4.69, 9.17) is 4.42 Å². The van der Waals surface area contributed by atoms with Gasteiger partial charge >= 0.3 is 0 Å². The molecule has 1 aromatic heterocycles. The summed E-state index contributed by atoms with van der Waals surface area (Å²) in [6, 6.07) is 6.39. The normalized spacial score (nSPS) is 16.3. The van der Waals surface area contributed by atoms with Crippen LogP contribution >= 0.6 is 0 Å². The second-order valence-electron chi connectivity index (χ2n) is 5.88. The minimum Gasteiger partial charge on any atom is -0.465 e. The lowest BCUT2D eigenvalue weighted by atomic mass is 9.85. The van der Waals surface area contributed by atoms with Crippen LogP contribution in [0.5, 0.6) is 0 Å². The summed E-state index contributed by atoms with van der Waals surface area (Å²) in [7, 11) is 0. The molecule has 2 aromatic rings. The minimum atomic E-state index is -0.252. The zero-order valence-corrected chi connectivity index (χ0v) is 12.4. The van der Waals surface area contributed by atoms with Gasteiger partial charge in [-0.25, -0.2) is 4.39 Å². The maximum atomic E-state index is 13.1. The van der Waals surface area contributed by atoms with Crippen molar-refractivity contribution >= 4 is 0 Å². The number of hydrogen-bond donors (Lipinski definition) is 1. The van der Waals surface area contributed by atoms with E-state index in [9.17, 15) is 9.50 Å². The number of hydrogen-bond acceptors (Lipinski definition) is 2. The number of aliphatic hydroxyl groups excluding tert-OH is 1. The highest BCUT2D eigenvalue weighted by atomic mass is 19.1. The van der Waals surface area contributed by atoms with Crippen molar-refractivity contribution in [2.45, 2.75) is 51.6 Å². The monoisotopic (exact) mass is 288 g/mol. The second kappa shape index (κ2) is 6.02. The van der Waals surface area contributed by atoms with Crippen molar-refractivity contribution in [1.29, 1.82) is 0 Å². The number of aliphatic hydroxyl groups is 1. The summed E-state index contributed by atoms with van der Waals surface area (Å²) in [5.74, 6) is 1.91. The Bertz CT molecular complexity index is 607. The fraction of sp³-hybridized carbons (Fsp3) is 0.444. The van der Waals surface area contributed by atoms with Gasteiger partial charge in [0.05, 0.1) is 6.61 Å². The molecular formula is C18H21FO2. The molecule has 0 atom stereocenters. The van der Waals surface area contributed by atoms with E-state index in [0.29, 0.717) is 5.92 Å². The number of furan rings is 1. The summed E-state index contributed by atoms with van der Waals surface area (Å²) in [5, 5.41) is 9.83. The molecule has 1 N–H and O–H groups in total. The van der Waals surface area contributed by atoms with Gasteiger partial charge in [-0.2, -0.15) is 0 Å². The Balaban J connectivity index is 2.04. The zero-order chi connectivity index (χ0) is 14.8. The summed E-state index contributed by atoms with van der Waals surface area (Å²) in [6.07, 6.45) is 5.99. The van der Waals surface area contributed by atoms with Gasteiger partial charge in [-0.05, 0) is 37.5 Å². The van der Waals surface area contributed by atoms with Crippen LogP contribution in [-0.2, 0) is 6.61 Å². The summed E-state index contributed by atoms with van der Waals surface area (Å²) in [4.78, 5) is 0. The molecule has 1 aliphatic rings. The van der Waals surface area contributed by atoms with Crippen molar-refractivity contribution in [3.8, 4) is 11.1 Å². The maximum Gasteiger partial charge on any atom is 0.123 e. The molecule has 3 rings (SSSR count). The minimum absolute atomic E-state index is 0.0319. The average molecular weight is 288 g/mol. The fourth-order valence-corrected chi connectivity index (χ4v) is 3.46. The number of aryl methyl sites for hydroxylation is 1. The summed E-state index contributed by atoms with van der Waals surface area (Å²) in [6.45, 7) is 1.89. The third-order valence-electron chi connectivity index (χ3n) is 4.48. The Hall–Kier alpha value is -1.61. The van der Waals surface area contributed by atoms with Crippen molar-refractivity contribution in [3.05, 3.63) is 47.2 Å². The summed E-state index contributed by atoms with van der Waals surface area (Å²) >= 11 is 0. The highest BCUT2D eigenvalue weighted by Crippen LogP contribution is 2.41. The van der Waals surface area contributed by atoms with E-state index in [1.807, 2.05) is 6.92 Å². The van der Waals surface area contributed by atoms with Gasteiger partial charge in [0, 0.05) is 17.0 Å². The first kappa shape index (κ1) is 14.3. The van der Waals surface area contributed by atoms with Gasteiger partial charge in [-0.15, -0.1) is 0 Å². The lowest BCUT2D eigenvalue weighted by Crippen LogP contribution is -2.06. The van der Waals surface area contributed by atoms with E-state index < -0.39 is 0 Å². The molecule has 1 saturated carbocycles. The van der Waals surface area contributed by atoms with Crippen LogP contribution in [0.2, 0.25) is 0 Å². The van der Waals surface area contributed by atoms with Gasteiger partial charge in [0.15, 0.2) is 0 Å². The van der Waals surface area contributed by atoms with Crippen LogP contribution in [0.3, 0.4) is 0 Å². The quantitative estimate of drug-likeness (QED) is 0.868. The van der Waals surface area contributed by atoms with E-state index in [2.05, 4.69) is 0 Å². The SMILES string of the molecule is Cc1oc(C2CCCCC2)c(CO)c1-c1ccc(F)cc1. The zero-order valence-electron chi connectivity index (χ0n) is 12.4. The molecule has 0 spiro atoms.